The molecule has 0 unspecified atom stereocenters. The molecule has 416 valence electrons. The minimum atomic E-state index is -1.06. The van der Waals surface area contributed by atoms with Gasteiger partial charge in [-0.1, -0.05) is 168 Å². The van der Waals surface area contributed by atoms with Crippen molar-refractivity contribution >= 4 is 44.6 Å². The van der Waals surface area contributed by atoms with E-state index in [9.17, 15) is 9.87 Å². The number of ether oxygens (including phenoxy) is 1. The first kappa shape index (κ1) is 51.7. The zero-order chi connectivity index (χ0) is 60.2. The van der Waals surface area contributed by atoms with Crippen LogP contribution >= 0.6 is 0 Å². The quantitative estimate of drug-likeness (QED) is 0.128. The molecule has 0 fully saturated rings. The van der Waals surface area contributed by atoms with Gasteiger partial charge in [0.2, 0.25) is 0 Å². The molecular formula is C72H68F3N4OPt-3. The van der Waals surface area contributed by atoms with E-state index in [1.807, 2.05) is 119 Å². The molecule has 81 heavy (non-hydrogen) atoms. The number of anilines is 4. The van der Waals surface area contributed by atoms with E-state index in [4.69, 9.17) is 9.72 Å². The van der Waals surface area contributed by atoms with Crippen LogP contribution in [0.25, 0.3) is 61.0 Å². The minimum absolute atomic E-state index is 0. The average Bonchev–Trinajstić information content (AvgIpc) is 1.78. The first-order valence-electron chi connectivity index (χ1n) is 29.4. The fourth-order valence-electron chi connectivity index (χ4n) is 10.5. The third kappa shape index (κ3) is 11.0. The summed E-state index contributed by atoms with van der Waals surface area (Å²) in [5, 5.41) is 1.93. The van der Waals surface area contributed by atoms with Gasteiger partial charge in [0, 0.05) is 84.6 Å². The van der Waals surface area contributed by atoms with E-state index in [0.29, 0.717) is 57.6 Å². The van der Waals surface area contributed by atoms with Gasteiger partial charge < -0.3 is 19.1 Å². The molecule has 0 bridgehead atoms. The van der Waals surface area contributed by atoms with Crippen molar-refractivity contribution in [3.8, 4) is 50.7 Å². The van der Waals surface area contributed by atoms with Crippen LogP contribution in [0.5, 0.6) is 11.5 Å². The molecular weight excluding hydrogens is 1190 g/mol. The van der Waals surface area contributed by atoms with Crippen molar-refractivity contribution in [1.29, 1.82) is 0 Å². The molecule has 0 spiro atoms. The van der Waals surface area contributed by atoms with Crippen LogP contribution in [-0.2, 0) is 37.3 Å². The Morgan fingerprint density at radius 2 is 1.16 bits per heavy atom. The summed E-state index contributed by atoms with van der Waals surface area (Å²) in [4.78, 5) is 8.65. The van der Waals surface area contributed by atoms with Crippen molar-refractivity contribution in [1.82, 2.24) is 9.55 Å². The Labute approximate surface area is 496 Å². The van der Waals surface area contributed by atoms with Gasteiger partial charge >= 0.3 is 0 Å². The van der Waals surface area contributed by atoms with Crippen molar-refractivity contribution in [2.75, 3.05) is 9.80 Å². The Morgan fingerprint density at radius 1 is 0.556 bits per heavy atom. The average molecular weight is 1260 g/mol. The summed E-state index contributed by atoms with van der Waals surface area (Å²) >= 11 is 0. The number of nitrogens with zero attached hydrogens (tertiary/aromatic N) is 4. The van der Waals surface area contributed by atoms with Crippen molar-refractivity contribution in [3.05, 3.63) is 222 Å². The number of halogens is 3. The zero-order valence-electron chi connectivity index (χ0n) is 52.1. The smallest absolute Gasteiger partial charge is 0.136 e. The van der Waals surface area contributed by atoms with Crippen LogP contribution in [0.1, 0.15) is 135 Å². The van der Waals surface area contributed by atoms with Crippen LogP contribution in [0.4, 0.5) is 35.9 Å². The van der Waals surface area contributed by atoms with Crippen molar-refractivity contribution in [3.63, 3.8) is 0 Å². The van der Waals surface area contributed by atoms with Gasteiger partial charge in [-0.05, 0) is 115 Å². The number of para-hydroxylation sites is 3. The summed E-state index contributed by atoms with van der Waals surface area (Å²) in [6.07, 6.45) is 1.82. The van der Waals surface area contributed by atoms with Gasteiger partial charge in [-0.25, -0.2) is 18.2 Å². The molecule has 0 aliphatic carbocycles. The fraction of sp³-hybridized carbons (Fsp3) is 0.250. The van der Waals surface area contributed by atoms with Gasteiger partial charge in [0.05, 0.1) is 11.0 Å². The molecule has 3 heterocycles. The minimum Gasteiger partial charge on any atom is -0.509 e. The van der Waals surface area contributed by atoms with Crippen LogP contribution in [0.3, 0.4) is 0 Å². The van der Waals surface area contributed by atoms with Gasteiger partial charge in [0.15, 0.2) is 0 Å². The van der Waals surface area contributed by atoms with Crippen molar-refractivity contribution < 1.29 is 44.5 Å². The third-order valence-corrected chi connectivity index (χ3v) is 15.1. The molecule has 1 aliphatic heterocycles. The predicted octanol–water partition coefficient (Wildman–Crippen LogP) is 20.5. The third-order valence-electron chi connectivity index (χ3n) is 15.1. The predicted molar refractivity (Wildman–Crippen MR) is 325 cm³/mol. The summed E-state index contributed by atoms with van der Waals surface area (Å²) in [7, 11) is 0. The van der Waals surface area contributed by atoms with Crippen molar-refractivity contribution in [2.24, 2.45) is 0 Å². The molecule has 11 rings (SSSR count). The van der Waals surface area contributed by atoms with E-state index in [1.165, 1.54) is 0 Å². The Balaban J connectivity index is 0.00000803. The van der Waals surface area contributed by atoms with Gasteiger partial charge in [-0.2, -0.15) is 6.07 Å². The molecule has 0 atom stereocenters. The summed E-state index contributed by atoms with van der Waals surface area (Å²) in [5.41, 5.74) is 8.43. The molecule has 8 aromatic carbocycles. The Hall–Kier alpha value is -7.41. The van der Waals surface area contributed by atoms with Gasteiger partial charge in [0.25, 0.3) is 0 Å². The second-order valence-electron chi connectivity index (χ2n) is 24.8. The second kappa shape index (κ2) is 21.5. The molecule has 10 aromatic rings. The number of benzene rings is 8. The van der Waals surface area contributed by atoms with E-state index in [2.05, 4.69) is 108 Å². The maximum absolute atomic E-state index is 16.8. The largest absolute Gasteiger partial charge is 0.509 e. The van der Waals surface area contributed by atoms with Gasteiger partial charge in [-0.3, -0.25) is 0 Å². The SMILES string of the molecule is [2H]c1c([2H])c(C(C)(C)C)c([2H])c([2H])c1-c1cc(Oc2[c-]c3c(cc2)c2ccccc2n3-c2cc(C(C)(C)C)ccn2)[c-]c(N2[CH-]N(c3c(-c4cc(C(C)C)cc(C(C)C)c4)cc(C(C)(C)C)cc3-c3c(F)cc(F)cc3F)c3ccccc32)c1.[Pt]. The van der Waals surface area contributed by atoms with Gasteiger partial charge in [-0.15, -0.1) is 53.6 Å². The summed E-state index contributed by atoms with van der Waals surface area (Å²) in [5.74, 6) is -1.66. The molecule has 0 N–H and O–H groups in total. The molecule has 2 aromatic heterocycles. The number of fused-ring (bicyclic) bond motifs is 4. The van der Waals surface area contributed by atoms with Crippen LogP contribution in [0.2, 0.25) is 0 Å². The number of hydrogen-bond donors (Lipinski definition) is 0. The summed E-state index contributed by atoms with van der Waals surface area (Å²) in [6.45, 7) is 28.6. The normalized spacial score (nSPS) is 13.7. The van der Waals surface area contributed by atoms with Crippen molar-refractivity contribution in [2.45, 2.75) is 118 Å². The topological polar surface area (TPSA) is 33.5 Å². The monoisotopic (exact) mass is 1260 g/mol. The van der Waals surface area contributed by atoms with Crippen LogP contribution in [-0.4, -0.2) is 9.55 Å². The number of rotatable bonds is 10. The molecule has 5 nitrogen and oxygen atoms in total. The second-order valence-corrected chi connectivity index (χ2v) is 24.8. The molecule has 0 radical (unpaired) electrons. The first-order valence-corrected chi connectivity index (χ1v) is 27.4. The van der Waals surface area contributed by atoms with E-state index < -0.39 is 28.3 Å². The standard InChI is InChI=1S/C72H68F3N4O.Pt/c1-43(2)46-30-47(44(3)4)32-49(31-46)59-35-52(72(11,12)13)36-60(68-61(74)38-53(73)39-62(68)75)69(59)78-42-77(64-20-16-17-21-65(64)78)54-33-48(45-22-24-50(25-23-45)70(5,6)7)34-56(40-54)80-55-26-27-58-57-18-14-15-19-63(57)79(66(58)41-55)67-37-51(28-29-76-67)71(8,9)10;/h14-39,42-44H,1-13H3;/q-3;/i22D,23D,24D,25D;. The Bertz CT molecular complexity index is 4210. The number of aromatic nitrogens is 2. The molecule has 9 heteroatoms. The number of pyridine rings is 1. The molecule has 0 saturated carbocycles. The number of hydrogen-bond acceptors (Lipinski definition) is 4. The summed E-state index contributed by atoms with van der Waals surface area (Å²) in [6, 6.07) is 45.3. The van der Waals surface area contributed by atoms with E-state index in [1.54, 1.807) is 18.2 Å². The van der Waals surface area contributed by atoms with Crippen LogP contribution in [0.15, 0.2) is 158 Å². The van der Waals surface area contributed by atoms with Crippen LogP contribution in [0, 0.1) is 36.3 Å². The Kier molecular flexibility index (Phi) is 13.7. The van der Waals surface area contributed by atoms with Crippen LogP contribution < -0.4 is 14.5 Å². The molecule has 0 saturated heterocycles. The zero-order valence-corrected chi connectivity index (χ0v) is 50.4. The summed E-state index contributed by atoms with van der Waals surface area (Å²) < 4.78 is 95.2. The van der Waals surface area contributed by atoms with Gasteiger partial charge in [0.1, 0.15) is 23.3 Å². The molecule has 1 aliphatic rings. The van der Waals surface area contributed by atoms with E-state index in [0.717, 1.165) is 49.6 Å². The fourth-order valence-corrected chi connectivity index (χ4v) is 10.5. The Morgan fingerprint density at radius 3 is 1.79 bits per heavy atom. The first-order chi connectivity index (χ1) is 39.6. The van der Waals surface area contributed by atoms with E-state index >= 15 is 8.78 Å². The van der Waals surface area contributed by atoms with E-state index in [-0.39, 0.29) is 90.5 Å². The maximum atomic E-state index is 16.8. The maximum Gasteiger partial charge on any atom is 0.136 e. The molecule has 0 amide bonds.